The van der Waals surface area contributed by atoms with E-state index >= 15 is 0 Å². The van der Waals surface area contributed by atoms with Crippen molar-refractivity contribution in [2.24, 2.45) is 0 Å². The average Bonchev–Trinajstić information content (AvgIpc) is 3.15. The van der Waals surface area contributed by atoms with Gasteiger partial charge in [0.2, 0.25) is 5.91 Å². The van der Waals surface area contributed by atoms with E-state index in [9.17, 15) is 9.59 Å². The summed E-state index contributed by atoms with van der Waals surface area (Å²) in [7, 11) is 0. The molecular formula is C24H27ClN4O2. The Morgan fingerprint density at radius 3 is 2.23 bits per heavy atom. The predicted molar refractivity (Wildman–Crippen MR) is 124 cm³/mol. The molecule has 1 heterocycles. The number of halogens is 1. The molecule has 3 rings (SSSR count). The molecule has 0 aliphatic heterocycles. The fourth-order valence-corrected chi connectivity index (χ4v) is 3.47. The number of hydrogen-bond donors (Lipinski definition) is 2. The second kappa shape index (κ2) is 9.79. The van der Waals surface area contributed by atoms with Crippen LogP contribution in [0.3, 0.4) is 0 Å². The lowest BCUT2D eigenvalue weighted by Gasteiger charge is -2.13. The van der Waals surface area contributed by atoms with Crippen molar-refractivity contribution in [3.05, 3.63) is 76.6 Å². The third kappa shape index (κ3) is 5.73. The van der Waals surface area contributed by atoms with Gasteiger partial charge in [-0.15, -0.1) is 0 Å². The summed E-state index contributed by atoms with van der Waals surface area (Å²) in [6, 6.07) is 14.7. The molecule has 0 saturated carbocycles. The van der Waals surface area contributed by atoms with Crippen LogP contribution >= 0.6 is 11.6 Å². The van der Waals surface area contributed by atoms with Gasteiger partial charge in [0.15, 0.2) is 0 Å². The number of nitrogens with one attached hydrogen (secondary N) is 2. The molecule has 6 nitrogen and oxygen atoms in total. The topological polar surface area (TPSA) is 76.0 Å². The van der Waals surface area contributed by atoms with Crippen molar-refractivity contribution in [1.29, 1.82) is 0 Å². The Bertz CT molecular complexity index is 1050. The standard InChI is InChI=1S/C24H27ClN4O2/c1-15(2)23-21(14-26-29(23)20-11-7-18(25)8-12-20)24(31)28-19-9-5-17(6-10-19)13-22(30)27-16(3)4/h5-12,14-16H,13H2,1-4H3,(H,27,30)(H,28,31). The molecule has 31 heavy (non-hydrogen) atoms. The summed E-state index contributed by atoms with van der Waals surface area (Å²) in [6.45, 7) is 7.91. The van der Waals surface area contributed by atoms with Gasteiger partial charge in [0.1, 0.15) is 0 Å². The summed E-state index contributed by atoms with van der Waals surface area (Å²) in [5.74, 6) is -0.169. The second-order valence-corrected chi connectivity index (χ2v) is 8.47. The van der Waals surface area contributed by atoms with Gasteiger partial charge < -0.3 is 10.6 Å². The molecule has 2 amide bonds. The van der Waals surface area contributed by atoms with E-state index in [1.807, 2.05) is 52.0 Å². The van der Waals surface area contributed by atoms with Crippen LogP contribution < -0.4 is 10.6 Å². The van der Waals surface area contributed by atoms with E-state index in [1.165, 1.54) is 0 Å². The van der Waals surface area contributed by atoms with Crippen LogP contribution in [-0.2, 0) is 11.2 Å². The summed E-state index contributed by atoms with van der Waals surface area (Å²) in [6.07, 6.45) is 1.89. The predicted octanol–water partition coefficient (Wildman–Crippen LogP) is 4.97. The van der Waals surface area contributed by atoms with Crippen LogP contribution in [0.5, 0.6) is 0 Å². The molecule has 0 spiro atoms. The normalized spacial score (nSPS) is 11.1. The third-order valence-electron chi connectivity index (χ3n) is 4.70. The molecule has 2 N–H and O–H groups in total. The molecule has 0 radical (unpaired) electrons. The molecule has 3 aromatic rings. The maximum Gasteiger partial charge on any atom is 0.259 e. The van der Waals surface area contributed by atoms with Gasteiger partial charge in [-0.1, -0.05) is 37.6 Å². The highest BCUT2D eigenvalue weighted by Crippen LogP contribution is 2.25. The molecule has 0 unspecified atom stereocenters. The SMILES string of the molecule is CC(C)NC(=O)Cc1ccc(NC(=O)c2cnn(-c3ccc(Cl)cc3)c2C(C)C)cc1. The van der Waals surface area contributed by atoms with Crippen LogP contribution in [0.15, 0.2) is 54.7 Å². The van der Waals surface area contributed by atoms with E-state index in [0.29, 0.717) is 22.7 Å². The van der Waals surface area contributed by atoms with Gasteiger partial charge in [0, 0.05) is 16.8 Å². The smallest absolute Gasteiger partial charge is 0.259 e. The van der Waals surface area contributed by atoms with Crippen molar-refractivity contribution in [3.63, 3.8) is 0 Å². The quantitative estimate of drug-likeness (QED) is 0.546. The van der Waals surface area contributed by atoms with Crippen molar-refractivity contribution in [1.82, 2.24) is 15.1 Å². The summed E-state index contributed by atoms with van der Waals surface area (Å²) in [5.41, 5.74) is 3.73. The maximum absolute atomic E-state index is 13.0. The number of carbonyl (C=O) groups is 2. The Hall–Kier alpha value is -3.12. The number of benzene rings is 2. The highest BCUT2D eigenvalue weighted by Gasteiger charge is 2.21. The van der Waals surface area contributed by atoms with Crippen LogP contribution in [-0.4, -0.2) is 27.6 Å². The molecule has 7 heteroatoms. The first-order valence-electron chi connectivity index (χ1n) is 10.3. The van der Waals surface area contributed by atoms with Crippen molar-refractivity contribution in [3.8, 4) is 5.69 Å². The zero-order chi connectivity index (χ0) is 22.5. The van der Waals surface area contributed by atoms with E-state index in [4.69, 9.17) is 11.6 Å². The van der Waals surface area contributed by atoms with Gasteiger partial charge in [-0.3, -0.25) is 9.59 Å². The van der Waals surface area contributed by atoms with Crippen molar-refractivity contribution in [2.45, 2.75) is 46.1 Å². The fourth-order valence-electron chi connectivity index (χ4n) is 3.34. The Balaban J connectivity index is 1.76. The van der Waals surface area contributed by atoms with E-state index in [1.54, 1.807) is 35.1 Å². The van der Waals surface area contributed by atoms with E-state index in [-0.39, 0.29) is 23.8 Å². The first-order chi connectivity index (χ1) is 14.7. The van der Waals surface area contributed by atoms with Gasteiger partial charge in [-0.2, -0.15) is 5.10 Å². The Labute approximate surface area is 187 Å². The van der Waals surface area contributed by atoms with Crippen molar-refractivity contribution in [2.75, 3.05) is 5.32 Å². The Kier molecular flexibility index (Phi) is 7.13. The first kappa shape index (κ1) is 22.6. The summed E-state index contributed by atoms with van der Waals surface area (Å²) in [5, 5.41) is 10.9. The summed E-state index contributed by atoms with van der Waals surface area (Å²) >= 11 is 5.99. The van der Waals surface area contributed by atoms with Gasteiger partial charge >= 0.3 is 0 Å². The van der Waals surface area contributed by atoms with Crippen LogP contribution in [0.1, 0.15) is 55.2 Å². The highest BCUT2D eigenvalue weighted by molar-refractivity contribution is 6.30. The van der Waals surface area contributed by atoms with Gasteiger partial charge in [-0.25, -0.2) is 4.68 Å². The minimum Gasteiger partial charge on any atom is -0.354 e. The van der Waals surface area contributed by atoms with Crippen LogP contribution in [0.25, 0.3) is 5.69 Å². The molecule has 2 aromatic carbocycles. The fraction of sp³-hybridized carbons (Fsp3) is 0.292. The Morgan fingerprint density at radius 1 is 1.00 bits per heavy atom. The third-order valence-corrected chi connectivity index (χ3v) is 4.95. The van der Waals surface area contributed by atoms with Gasteiger partial charge in [0.05, 0.1) is 29.6 Å². The molecule has 0 aliphatic rings. The molecule has 0 bridgehead atoms. The highest BCUT2D eigenvalue weighted by atomic mass is 35.5. The zero-order valence-electron chi connectivity index (χ0n) is 18.1. The molecule has 1 aromatic heterocycles. The summed E-state index contributed by atoms with van der Waals surface area (Å²) in [4.78, 5) is 24.9. The molecule has 162 valence electrons. The van der Waals surface area contributed by atoms with E-state index < -0.39 is 0 Å². The molecule has 0 saturated heterocycles. The van der Waals surface area contributed by atoms with Gasteiger partial charge in [-0.05, 0) is 61.7 Å². The van der Waals surface area contributed by atoms with Gasteiger partial charge in [0.25, 0.3) is 5.91 Å². The van der Waals surface area contributed by atoms with Crippen LogP contribution in [0.4, 0.5) is 5.69 Å². The summed E-state index contributed by atoms with van der Waals surface area (Å²) < 4.78 is 1.77. The number of hydrogen-bond acceptors (Lipinski definition) is 3. The van der Waals surface area contributed by atoms with E-state index in [0.717, 1.165) is 16.9 Å². The van der Waals surface area contributed by atoms with Crippen LogP contribution in [0, 0.1) is 0 Å². The second-order valence-electron chi connectivity index (χ2n) is 8.04. The largest absolute Gasteiger partial charge is 0.354 e. The number of amides is 2. The lowest BCUT2D eigenvalue weighted by Crippen LogP contribution is -2.31. The lowest BCUT2D eigenvalue weighted by molar-refractivity contribution is -0.120. The lowest BCUT2D eigenvalue weighted by atomic mass is 10.0. The molecule has 0 atom stereocenters. The maximum atomic E-state index is 13.0. The first-order valence-corrected chi connectivity index (χ1v) is 10.7. The molecule has 0 aliphatic carbocycles. The minimum atomic E-state index is -0.228. The zero-order valence-corrected chi connectivity index (χ0v) is 18.9. The number of anilines is 1. The average molecular weight is 439 g/mol. The number of aromatic nitrogens is 2. The van der Waals surface area contributed by atoms with Crippen molar-refractivity contribution < 1.29 is 9.59 Å². The minimum absolute atomic E-state index is 0.0250. The molecular weight excluding hydrogens is 412 g/mol. The van der Waals surface area contributed by atoms with Crippen LogP contribution in [0.2, 0.25) is 5.02 Å². The van der Waals surface area contributed by atoms with E-state index in [2.05, 4.69) is 15.7 Å². The number of rotatable bonds is 7. The number of carbonyl (C=O) groups excluding carboxylic acids is 2. The molecule has 0 fully saturated rings. The Morgan fingerprint density at radius 2 is 1.65 bits per heavy atom. The van der Waals surface area contributed by atoms with Crippen molar-refractivity contribution >= 4 is 29.1 Å². The number of nitrogens with zero attached hydrogens (tertiary/aromatic N) is 2. The monoisotopic (exact) mass is 438 g/mol.